The molecule has 2 aromatic heterocycles. The summed E-state index contributed by atoms with van der Waals surface area (Å²) < 4.78 is 60.6. The van der Waals surface area contributed by atoms with Crippen molar-refractivity contribution in [3.63, 3.8) is 0 Å². The molecule has 3 rings (SSSR count). The molecule has 354 valence electrons. The Morgan fingerprint density at radius 1 is 0.984 bits per heavy atom. The number of aliphatic hydroxyl groups excluding tert-OH is 3. The van der Waals surface area contributed by atoms with Gasteiger partial charge >= 0.3 is 0 Å². The number of unbranched alkanes of at least 4 members (excludes halogenated alkanes) is 6. The van der Waals surface area contributed by atoms with Crippen molar-refractivity contribution in [2.75, 3.05) is 37.8 Å². The zero-order valence-electron chi connectivity index (χ0n) is 34.3. The van der Waals surface area contributed by atoms with Crippen LogP contribution in [0.25, 0.3) is 11.2 Å². The number of nitrogens with zero attached hydrogens (tertiary/aromatic N) is 4. The summed E-state index contributed by atoms with van der Waals surface area (Å²) in [5.41, 5.74) is 4.05. The van der Waals surface area contributed by atoms with Gasteiger partial charge in [0, 0.05) is 37.1 Å². The largest absolute Gasteiger partial charge is 0.790 e. The van der Waals surface area contributed by atoms with Crippen molar-refractivity contribution in [2.45, 2.75) is 122 Å². The van der Waals surface area contributed by atoms with Gasteiger partial charge in [0.15, 0.2) is 22.8 Å². The van der Waals surface area contributed by atoms with Crippen LogP contribution in [0.2, 0.25) is 0 Å². The maximum Gasteiger partial charge on any atom is 0.274 e. The van der Waals surface area contributed by atoms with Crippen LogP contribution in [0, 0.1) is 5.41 Å². The van der Waals surface area contributed by atoms with Crippen LogP contribution >= 0.6 is 35.2 Å². The molecular formula is C33H54N7O18P3S-4. The summed E-state index contributed by atoms with van der Waals surface area (Å²) in [6.07, 6.45) is -0.0903. The maximum absolute atomic E-state index is 12.6. The quantitative estimate of drug-likeness (QED) is 0.0422. The van der Waals surface area contributed by atoms with Gasteiger partial charge in [0.05, 0.1) is 33.5 Å². The number of carbonyl (C=O) groups is 3. The number of carbonyl (C=O) groups excluding carboxylic acids is 3. The van der Waals surface area contributed by atoms with Crippen molar-refractivity contribution in [3.05, 3.63) is 12.7 Å². The molecule has 0 aliphatic carbocycles. The molecule has 0 bridgehead atoms. The summed E-state index contributed by atoms with van der Waals surface area (Å²) in [5, 5.41) is 36.2. The van der Waals surface area contributed by atoms with Crippen LogP contribution in [0.4, 0.5) is 5.82 Å². The van der Waals surface area contributed by atoms with Gasteiger partial charge in [0.2, 0.25) is 11.8 Å². The predicted octanol–water partition coefficient (Wildman–Crippen LogP) is -0.972. The first kappa shape index (κ1) is 53.9. The van der Waals surface area contributed by atoms with E-state index < -0.39 is 90.7 Å². The van der Waals surface area contributed by atoms with Gasteiger partial charge in [0.1, 0.15) is 36.3 Å². The first-order valence-electron chi connectivity index (χ1n) is 19.6. The number of amides is 2. The molecule has 3 unspecified atom stereocenters. The summed E-state index contributed by atoms with van der Waals surface area (Å²) >= 11 is 0.980. The average Bonchev–Trinajstić information content (AvgIpc) is 3.74. The van der Waals surface area contributed by atoms with Gasteiger partial charge in [-0.25, -0.2) is 19.3 Å². The number of fused-ring (bicyclic) bond motifs is 1. The number of phosphoric ester groups is 3. The minimum Gasteiger partial charge on any atom is -0.790 e. The number of hydrogen-bond acceptors (Lipinski definition) is 23. The number of anilines is 1. The molecule has 0 radical (unpaired) electrons. The molecule has 2 aromatic rings. The van der Waals surface area contributed by atoms with E-state index in [0.29, 0.717) is 6.42 Å². The fourth-order valence-electron chi connectivity index (χ4n) is 5.96. The Morgan fingerprint density at radius 2 is 1.65 bits per heavy atom. The van der Waals surface area contributed by atoms with E-state index in [1.165, 1.54) is 39.5 Å². The number of thioether (sulfide) groups is 1. The molecule has 0 spiro atoms. The Hall–Kier alpha value is -2.48. The minimum absolute atomic E-state index is 0.0147. The van der Waals surface area contributed by atoms with Gasteiger partial charge in [-0.3, -0.25) is 28.1 Å². The molecule has 7 N–H and O–H groups in total. The van der Waals surface area contributed by atoms with Crippen LogP contribution in [-0.2, 0) is 50.7 Å². The summed E-state index contributed by atoms with van der Waals surface area (Å²) in [6.45, 7) is 2.15. The first-order valence-corrected chi connectivity index (χ1v) is 25.0. The highest BCUT2D eigenvalue weighted by Crippen LogP contribution is 2.56. The standard InChI is InChI=1S/C33H58N7O18P3S/c1-4-5-6-7-8-9-10-11-21(41)16-24(43)62-15-14-35-23(42)12-13-36-31(46)28(45)33(2,3)18-55-61(52,53)58-60(50,51)54-17-22-27(57-59(47,48)49)26(44)32(56-22)40-20-39-25-29(34)37-19-38-30(25)40/h19-22,26-28,32,41,44-45H,4-18H2,1-3H3,(H,35,42)(H,36,46)(H,50,51)(H,52,53)(H2,34,37,38)(H2,47,48,49)/p-4/t21?,22-,26-,27-,28+,32-/m1/s1. The predicted molar refractivity (Wildman–Crippen MR) is 211 cm³/mol. The second-order valence-corrected chi connectivity index (χ2v) is 20.2. The number of imidazole rings is 1. The van der Waals surface area contributed by atoms with Gasteiger partial charge in [0.25, 0.3) is 15.6 Å². The second kappa shape index (κ2) is 24.7. The Bertz CT molecular complexity index is 1920. The lowest BCUT2D eigenvalue weighted by atomic mass is 9.87. The summed E-state index contributed by atoms with van der Waals surface area (Å²) in [7, 11) is -17.6. The van der Waals surface area contributed by atoms with Crippen LogP contribution in [0.5, 0.6) is 0 Å². The van der Waals surface area contributed by atoms with Crippen molar-refractivity contribution in [3.8, 4) is 0 Å². The van der Waals surface area contributed by atoms with E-state index in [-0.39, 0.29) is 53.8 Å². The van der Waals surface area contributed by atoms with E-state index in [1.54, 1.807) is 0 Å². The molecule has 0 saturated carbocycles. The third-order valence-electron chi connectivity index (χ3n) is 9.28. The molecular weight excluding hydrogens is 907 g/mol. The number of nitrogen functional groups attached to an aromatic ring is 1. The molecule has 2 amide bonds. The molecule has 1 saturated heterocycles. The van der Waals surface area contributed by atoms with E-state index in [1.807, 2.05) is 0 Å². The fourth-order valence-corrected chi connectivity index (χ4v) is 9.44. The van der Waals surface area contributed by atoms with E-state index in [4.69, 9.17) is 10.5 Å². The zero-order chi connectivity index (χ0) is 46.3. The molecule has 25 nitrogen and oxygen atoms in total. The molecule has 1 fully saturated rings. The van der Waals surface area contributed by atoms with E-state index in [9.17, 15) is 63.0 Å². The van der Waals surface area contributed by atoms with Crippen LogP contribution in [0.1, 0.15) is 91.2 Å². The third-order valence-corrected chi connectivity index (χ3v) is 13.2. The normalized spacial score (nSPS) is 21.3. The molecule has 0 aromatic carbocycles. The first-order chi connectivity index (χ1) is 28.9. The fraction of sp³-hybridized carbons (Fsp3) is 0.758. The smallest absolute Gasteiger partial charge is 0.274 e. The van der Waals surface area contributed by atoms with Gasteiger partial charge in [-0.2, -0.15) is 0 Å². The number of aromatic nitrogens is 4. The highest BCUT2D eigenvalue weighted by atomic mass is 32.2. The Morgan fingerprint density at radius 3 is 2.32 bits per heavy atom. The number of rotatable bonds is 29. The SMILES string of the molecule is CCCCCCCCCC(O)CC(=O)SCCNC(=O)CCNC(=O)[C@H](O)C(C)(C)COP(=O)([O-])OP(=O)([O-])OC[C@H]1O[C@@H](n2cnc3c(N)ncnc32)[C@H](O)[C@@H]1OP(=O)([O-])[O-]. The second-order valence-electron chi connectivity index (χ2n) is 15.0. The van der Waals surface area contributed by atoms with Crippen LogP contribution in [0.15, 0.2) is 12.7 Å². The molecule has 8 atom stereocenters. The molecule has 1 aliphatic rings. The van der Waals surface area contributed by atoms with Gasteiger partial charge < -0.3 is 74.1 Å². The Balaban J connectivity index is 1.39. The Labute approximate surface area is 361 Å². The minimum atomic E-state index is -5.93. The van der Waals surface area contributed by atoms with Crippen molar-refractivity contribution < 1.29 is 85.6 Å². The van der Waals surface area contributed by atoms with Crippen molar-refractivity contribution in [2.24, 2.45) is 5.41 Å². The van der Waals surface area contributed by atoms with Crippen LogP contribution < -0.4 is 35.9 Å². The molecule has 3 heterocycles. The lowest BCUT2D eigenvalue weighted by Gasteiger charge is -2.36. The van der Waals surface area contributed by atoms with E-state index in [2.05, 4.69) is 50.4 Å². The number of hydrogen-bond donors (Lipinski definition) is 6. The van der Waals surface area contributed by atoms with Gasteiger partial charge in [-0.15, -0.1) is 0 Å². The summed E-state index contributed by atoms with van der Waals surface area (Å²) in [4.78, 5) is 96.5. The van der Waals surface area contributed by atoms with Gasteiger partial charge in [-0.1, -0.05) is 77.5 Å². The number of nitrogens with two attached hydrogens (primary N) is 1. The number of ether oxygens (including phenoxy) is 1. The average molecular weight is 962 g/mol. The van der Waals surface area contributed by atoms with Crippen LogP contribution in [0.3, 0.4) is 0 Å². The van der Waals surface area contributed by atoms with Crippen molar-refractivity contribution in [1.29, 1.82) is 0 Å². The number of nitrogens with one attached hydrogen (secondary N) is 2. The summed E-state index contributed by atoms with van der Waals surface area (Å²) in [6, 6.07) is 0. The number of phosphoric acid groups is 3. The van der Waals surface area contributed by atoms with Crippen molar-refractivity contribution in [1.82, 2.24) is 30.2 Å². The lowest BCUT2D eigenvalue weighted by Crippen LogP contribution is -2.46. The number of aliphatic hydroxyl groups is 3. The van der Waals surface area contributed by atoms with Crippen molar-refractivity contribution >= 4 is 69.1 Å². The highest BCUT2D eigenvalue weighted by Gasteiger charge is 2.47. The highest BCUT2D eigenvalue weighted by molar-refractivity contribution is 8.13. The topological polar surface area (TPSA) is 395 Å². The maximum atomic E-state index is 12.6. The van der Waals surface area contributed by atoms with Gasteiger partial charge in [-0.05, 0) is 6.42 Å². The van der Waals surface area contributed by atoms with Crippen LogP contribution in [-0.4, -0.2) is 114 Å². The molecule has 62 heavy (non-hydrogen) atoms. The van der Waals surface area contributed by atoms with E-state index >= 15 is 0 Å². The monoisotopic (exact) mass is 961 g/mol. The summed E-state index contributed by atoms with van der Waals surface area (Å²) in [5.74, 6) is -1.33. The lowest BCUT2D eigenvalue weighted by molar-refractivity contribution is -0.347. The third kappa shape index (κ3) is 18.2. The Kier molecular flexibility index (Phi) is 21.5. The van der Waals surface area contributed by atoms with E-state index in [0.717, 1.165) is 48.2 Å². The molecule has 29 heteroatoms. The molecule has 1 aliphatic heterocycles. The zero-order valence-corrected chi connectivity index (χ0v) is 37.8.